The van der Waals surface area contributed by atoms with Gasteiger partial charge in [0.25, 0.3) is 0 Å². The number of thioether (sulfide) groups is 1. The van der Waals surface area contributed by atoms with Crippen molar-refractivity contribution in [3.63, 3.8) is 0 Å². The molecule has 0 bridgehead atoms. The fourth-order valence-corrected chi connectivity index (χ4v) is 2.96. The summed E-state index contributed by atoms with van der Waals surface area (Å²) in [6.45, 7) is 4.64. The topological polar surface area (TPSA) is 0 Å². The third kappa shape index (κ3) is 4.05. The Hall–Kier alpha value is 0.350. The highest BCUT2D eigenvalue weighted by atomic mass is 32.2. The highest BCUT2D eigenvalue weighted by Gasteiger charge is 2.14. The lowest BCUT2D eigenvalue weighted by atomic mass is 10.0. The summed E-state index contributed by atoms with van der Waals surface area (Å²) < 4.78 is 0. The molecule has 0 radical (unpaired) electrons. The minimum Gasteiger partial charge on any atom is -0.159 e. The van der Waals surface area contributed by atoms with E-state index < -0.39 is 0 Å². The molecule has 1 heteroatoms. The summed E-state index contributed by atoms with van der Waals surface area (Å²) in [5, 5.41) is 1.02. The predicted octanol–water partition coefficient (Wildman–Crippen LogP) is 3.71. The lowest BCUT2D eigenvalue weighted by Crippen LogP contribution is -1.97. The Morgan fingerprint density at radius 1 is 1.45 bits per heavy atom. The van der Waals surface area contributed by atoms with Crippen LogP contribution in [0.2, 0.25) is 0 Å². The van der Waals surface area contributed by atoms with E-state index in [1.54, 1.807) is 0 Å². The van der Waals surface area contributed by atoms with Crippen molar-refractivity contribution in [3.8, 4) is 0 Å². The number of rotatable bonds is 4. The van der Waals surface area contributed by atoms with Gasteiger partial charge >= 0.3 is 0 Å². The molecule has 66 valence electrons. The van der Waals surface area contributed by atoms with Gasteiger partial charge in [0.05, 0.1) is 0 Å². The Morgan fingerprint density at radius 3 is 2.82 bits per heavy atom. The monoisotopic (exact) mass is 172 g/mol. The standard InChI is InChI=1S/C10H20S/c1-9(2)5-3-6-10-7-4-8-11-10/h9-10H,3-8H2,1-2H3/t10-/m1/s1. The van der Waals surface area contributed by atoms with Crippen LogP contribution in [-0.4, -0.2) is 11.0 Å². The molecule has 0 unspecified atom stereocenters. The first-order valence-electron chi connectivity index (χ1n) is 4.90. The first-order valence-corrected chi connectivity index (χ1v) is 5.95. The van der Waals surface area contributed by atoms with Crippen LogP contribution in [0.25, 0.3) is 0 Å². The Balaban J connectivity index is 1.94. The fraction of sp³-hybridized carbons (Fsp3) is 1.00. The third-order valence-corrected chi connectivity index (χ3v) is 3.80. The van der Waals surface area contributed by atoms with E-state index in [0.717, 1.165) is 11.2 Å². The maximum atomic E-state index is 2.32. The molecule has 1 atom stereocenters. The zero-order valence-electron chi connectivity index (χ0n) is 7.81. The van der Waals surface area contributed by atoms with Crippen molar-refractivity contribution in [1.82, 2.24) is 0 Å². The normalized spacial score (nSPS) is 24.8. The van der Waals surface area contributed by atoms with Crippen molar-refractivity contribution in [2.45, 2.75) is 51.2 Å². The summed E-state index contributed by atoms with van der Waals surface area (Å²) in [5.41, 5.74) is 0. The van der Waals surface area contributed by atoms with Crippen LogP contribution >= 0.6 is 11.8 Å². The van der Waals surface area contributed by atoms with Gasteiger partial charge in [-0.1, -0.05) is 26.7 Å². The van der Waals surface area contributed by atoms with Gasteiger partial charge in [0.1, 0.15) is 0 Å². The molecule has 1 rings (SSSR count). The van der Waals surface area contributed by atoms with E-state index in [4.69, 9.17) is 0 Å². The molecule has 0 aromatic heterocycles. The van der Waals surface area contributed by atoms with Gasteiger partial charge in [-0.3, -0.25) is 0 Å². The van der Waals surface area contributed by atoms with Gasteiger partial charge in [0.15, 0.2) is 0 Å². The van der Waals surface area contributed by atoms with E-state index in [9.17, 15) is 0 Å². The summed E-state index contributed by atoms with van der Waals surface area (Å²) in [5.74, 6) is 2.33. The summed E-state index contributed by atoms with van der Waals surface area (Å²) in [6, 6.07) is 0. The molecule has 0 amide bonds. The van der Waals surface area contributed by atoms with Gasteiger partial charge in [-0.2, -0.15) is 11.8 Å². The second kappa shape index (κ2) is 5.08. The summed E-state index contributed by atoms with van der Waals surface area (Å²) in [6.07, 6.45) is 7.31. The van der Waals surface area contributed by atoms with E-state index in [-0.39, 0.29) is 0 Å². The lowest BCUT2D eigenvalue weighted by molar-refractivity contribution is 0.528. The van der Waals surface area contributed by atoms with Crippen molar-refractivity contribution in [2.24, 2.45) is 5.92 Å². The Bertz CT molecular complexity index is 93.0. The molecule has 0 N–H and O–H groups in total. The van der Waals surface area contributed by atoms with Crippen LogP contribution in [0.4, 0.5) is 0 Å². The summed E-state index contributed by atoms with van der Waals surface area (Å²) in [4.78, 5) is 0. The minimum atomic E-state index is 0.904. The Kier molecular flexibility index (Phi) is 4.36. The zero-order valence-corrected chi connectivity index (χ0v) is 8.62. The third-order valence-electron chi connectivity index (χ3n) is 2.33. The van der Waals surface area contributed by atoms with Crippen molar-refractivity contribution in [3.05, 3.63) is 0 Å². The smallest absolute Gasteiger partial charge is 0.00473 e. The largest absolute Gasteiger partial charge is 0.159 e. The molecule has 0 saturated carbocycles. The van der Waals surface area contributed by atoms with Crippen LogP contribution in [0.15, 0.2) is 0 Å². The van der Waals surface area contributed by atoms with Gasteiger partial charge in [0.2, 0.25) is 0 Å². The van der Waals surface area contributed by atoms with Crippen LogP contribution in [0.5, 0.6) is 0 Å². The second-order valence-electron chi connectivity index (χ2n) is 3.96. The molecule has 0 aromatic carbocycles. The zero-order chi connectivity index (χ0) is 8.10. The molecule has 0 spiro atoms. The van der Waals surface area contributed by atoms with E-state index in [1.165, 1.54) is 37.9 Å². The van der Waals surface area contributed by atoms with E-state index in [1.807, 2.05) is 0 Å². The van der Waals surface area contributed by atoms with E-state index in [2.05, 4.69) is 25.6 Å². The molecule has 1 saturated heterocycles. The molecular formula is C10H20S. The van der Waals surface area contributed by atoms with Crippen molar-refractivity contribution < 1.29 is 0 Å². The molecule has 1 aliphatic rings. The average Bonchev–Trinajstić information content (AvgIpc) is 2.39. The summed E-state index contributed by atoms with van der Waals surface area (Å²) in [7, 11) is 0. The maximum absolute atomic E-state index is 2.32. The highest BCUT2D eigenvalue weighted by molar-refractivity contribution is 8.00. The second-order valence-corrected chi connectivity index (χ2v) is 5.37. The number of hydrogen-bond donors (Lipinski definition) is 0. The van der Waals surface area contributed by atoms with Crippen LogP contribution in [0.3, 0.4) is 0 Å². The SMILES string of the molecule is CC(C)CCC[C@@H]1CCCS1. The van der Waals surface area contributed by atoms with Crippen LogP contribution in [-0.2, 0) is 0 Å². The highest BCUT2D eigenvalue weighted by Crippen LogP contribution is 2.30. The van der Waals surface area contributed by atoms with Crippen molar-refractivity contribution in [2.75, 3.05) is 5.75 Å². The van der Waals surface area contributed by atoms with Crippen LogP contribution in [0, 0.1) is 5.92 Å². The summed E-state index contributed by atoms with van der Waals surface area (Å²) >= 11 is 2.19. The van der Waals surface area contributed by atoms with Crippen molar-refractivity contribution >= 4 is 11.8 Å². The predicted molar refractivity (Wildman–Crippen MR) is 54.2 cm³/mol. The molecule has 0 aliphatic carbocycles. The van der Waals surface area contributed by atoms with Crippen LogP contribution < -0.4 is 0 Å². The van der Waals surface area contributed by atoms with Crippen LogP contribution in [0.1, 0.15) is 46.0 Å². The molecule has 1 fully saturated rings. The molecular weight excluding hydrogens is 152 g/mol. The molecule has 1 aliphatic heterocycles. The molecule has 0 nitrogen and oxygen atoms in total. The van der Waals surface area contributed by atoms with Gasteiger partial charge < -0.3 is 0 Å². The quantitative estimate of drug-likeness (QED) is 0.623. The maximum Gasteiger partial charge on any atom is 0.00473 e. The van der Waals surface area contributed by atoms with E-state index >= 15 is 0 Å². The minimum absolute atomic E-state index is 0.904. The van der Waals surface area contributed by atoms with Gasteiger partial charge in [0, 0.05) is 5.25 Å². The first-order chi connectivity index (χ1) is 5.29. The number of hydrogen-bond acceptors (Lipinski definition) is 1. The van der Waals surface area contributed by atoms with Gasteiger partial charge in [-0.05, 0) is 30.9 Å². The van der Waals surface area contributed by atoms with E-state index in [0.29, 0.717) is 0 Å². The molecule has 1 heterocycles. The molecule has 11 heavy (non-hydrogen) atoms. The molecule has 0 aromatic rings. The van der Waals surface area contributed by atoms with Gasteiger partial charge in [-0.15, -0.1) is 0 Å². The fourth-order valence-electron chi connectivity index (χ4n) is 1.63. The average molecular weight is 172 g/mol. The lowest BCUT2D eigenvalue weighted by Gasteiger charge is -2.08. The van der Waals surface area contributed by atoms with Crippen molar-refractivity contribution in [1.29, 1.82) is 0 Å². The first kappa shape index (κ1) is 9.44. The Labute approximate surface area is 75.1 Å². The van der Waals surface area contributed by atoms with Gasteiger partial charge in [-0.25, -0.2) is 0 Å². The Morgan fingerprint density at radius 2 is 2.27 bits per heavy atom.